The van der Waals surface area contributed by atoms with Crippen LogP contribution in [-0.4, -0.2) is 39.6 Å². The average Bonchev–Trinajstić information content (AvgIpc) is 3.01. The first kappa shape index (κ1) is 15.2. The summed E-state index contributed by atoms with van der Waals surface area (Å²) in [5.41, 5.74) is 2.05. The van der Waals surface area contributed by atoms with E-state index >= 15 is 0 Å². The fourth-order valence-corrected chi connectivity index (χ4v) is 2.67. The summed E-state index contributed by atoms with van der Waals surface area (Å²) in [5, 5.41) is 7.87. The molecule has 0 radical (unpaired) electrons. The van der Waals surface area contributed by atoms with Crippen molar-refractivity contribution in [2.24, 2.45) is 7.05 Å². The number of rotatable bonds is 7. The van der Waals surface area contributed by atoms with Gasteiger partial charge in [0, 0.05) is 20.4 Å². The number of aromatic nitrogens is 4. The van der Waals surface area contributed by atoms with Gasteiger partial charge in [-0.15, -0.1) is 0 Å². The lowest BCUT2D eigenvalue weighted by Gasteiger charge is -2.18. The number of aryl methyl sites for hydroxylation is 1. The van der Waals surface area contributed by atoms with Crippen molar-refractivity contribution < 1.29 is 4.74 Å². The molecule has 0 amide bonds. The molecule has 1 N–H and O–H groups in total. The first-order valence-corrected chi connectivity index (χ1v) is 7.38. The zero-order valence-corrected chi connectivity index (χ0v) is 13.6. The van der Waals surface area contributed by atoms with Gasteiger partial charge in [-0.25, -0.2) is 4.98 Å². The molecule has 2 aromatic heterocycles. The van der Waals surface area contributed by atoms with E-state index in [1.165, 1.54) is 0 Å². The summed E-state index contributed by atoms with van der Waals surface area (Å²) in [6, 6.07) is 0.00920. The van der Waals surface area contributed by atoms with Crippen LogP contribution >= 0.6 is 15.9 Å². The molecule has 7 heteroatoms. The number of hydrogen-bond acceptors (Lipinski definition) is 4. The van der Waals surface area contributed by atoms with E-state index in [1.807, 2.05) is 35.0 Å². The van der Waals surface area contributed by atoms with Crippen LogP contribution in [0.15, 0.2) is 23.2 Å². The van der Waals surface area contributed by atoms with E-state index in [1.54, 1.807) is 7.11 Å². The summed E-state index contributed by atoms with van der Waals surface area (Å²) in [5.74, 6) is 0. The second kappa shape index (κ2) is 7.01. The lowest BCUT2D eigenvalue weighted by molar-refractivity contribution is 0.182. The molecule has 0 fully saturated rings. The first-order valence-electron chi connectivity index (χ1n) is 6.58. The largest absolute Gasteiger partial charge is 0.383 e. The number of methoxy groups -OCH3 is 1. The molecule has 2 heterocycles. The SMILES string of the molecule is CCNC(c1cn(C)cn1)c1c(Br)cnn1CCOC. The van der Waals surface area contributed by atoms with Crippen molar-refractivity contribution in [1.29, 1.82) is 0 Å². The lowest BCUT2D eigenvalue weighted by atomic mass is 10.1. The van der Waals surface area contributed by atoms with E-state index in [4.69, 9.17) is 4.74 Å². The molecule has 110 valence electrons. The monoisotopic (exact) mass is 341 g/mol. The van der Waals surface area contributed by atoms with Gasteiger partial charge < -0.3 is 14.6 Å². The molecular weight excluding hydrogens is 322 g/mol. The van der Waals surface area contributed by atoms with Gasteiger partial charge in [-0.2, -0.15) is 5.10 Å². The summed E-state index contributed by atoms with van der Waals surface area (Å²) in [4.78, 5) is 4.46. The smallest absolute Gasteiger partial charge is 0.0949 e. The van der Waals surface area contributed by atoms with E-state index in [9.17, 15) is 0 Å². The second-order valence-corrected chi connectivity index (χ2v) is 5.40. The zero-order valence-electron chi connectivity index (χ0n) is 12.0. The Morgan fingerprint density at radius 3 is 2.90 bits per heavy atom. The highest BCUT2D eigenvalue weighted by Gasteiger charge is 2.23. The van der Waals surface area contributed by atoms with Gasteiger partial charge >= 0.3 is 0 Å². The van der Waals surface area contributed by atoms with E-state index in [-0.39, 0.29) is 6.04 Å². The maximum Gasteiger partial charge on any atom is 0.0949 e. The zero-order chi connectivity index (χ0) is 14.5. The van der Waals surface area contributed by atoms with Crippen molar-refractivity contribution in [3.63, 3.8) is 0 Å². The van der Waals surface area contributed by atoms with E-state index in [2.05, 4.69) is 38.3 Å². The number of imidazole rings is 1. The first-order chi connectivity index (χ1) is 9.67. The number of nitrogens with one attached hydrogen (secondary N) is 1. The third-order valence-corrected chi connectivity index (χ3v) is 3.65. The average molecular weight is 342 g/mol. The topological polar surface area (TPSA) is 56.9 Å². The van der Waals surface area contributed by atoms with Crippen LogP contribution in [0, 0.1) is 0 Å². The van der Waals surface area contributed by atoms with Crippen LogP contribution in [0.2, 0.25) is 0 Å². The van der Waals surface area contributed by atoms with Gasteiger partial charge in [0.1, 0.15) is 0 Å². The molecule has 6 nitrogen and oxygen atoms in total. The molecule has 1 atom stereocenters. The minimum Gasteiger partial charge on any atom is -0.383 e. The van der Waals surface area contributed by atoms with Crippen molar-refractivity contribution in [2.75, 3.05) is 20.3 Å². The van der Waals surface area contributed by atoms with E-state index < -0.39 is 0 Å². The van der Waals surface area contributed by atoms with Gasteiger partial charge in [0.2, 0.25) is 0 Å². The fourth-order valence-electron chi connectivity index (χ4n) is 2.14. The molecule has 0 aliphatic heterocycles. The van der Waals surface area contributed by atoms with Crippen molar-refractivity contribution in [2.45, 2.75) is 19.5 Å². The molecule has 20 heavy (non-hydrogen) atoms. The molecule has 0 bridgehead atoms. The standard InChI is InChI=1S/C13H20BrN5O/c1-4-15-12(11-8-18(2)9-16-11)13-10(14)7-17-19(13)5-6-20-3/h7-9,12,15H,4-6H2,1-3H3. The number of nitrogens with zero attached hydrogens (tertiary/aromatic N) is 4. The predicted molar refractivity (Wildman–Crippen MR) is 80.5 cm³/mol. The Hall–Kier alpha value is -1.18. The quantitative estimate of drug-likeness (QED) is 0.833. The Kier molecular flexibility index (Phi) is 5.33. The van der Waals surface area contributed by atoms with Crippen LogP contribution in [-0.2, 0) is 18.3 Å². The van der Waals surface area contributed by atoms with Crippen molar-refractivity contribution in [1.82, 2.24) is 24.6 Å². The third kappa shape index (κ3) is 3.28. The van der Waals surface area contributed by atoms with Crippen LogP contribution in [0.25, 0.3) is 0 Å². The van der Waals surface area contributed by atoms with E-state index in [0.717, 1.165) is 22.4 Å². The maximum absolute atomic E-state index is 5.14. The van der Waals surface area contributed by atoms with Crippen molar-refractivity contribution in [3.8, 4) is 0 Å². The molecule has 2 rings (SSSR count). The minimum atomic E-state index is 0.00920. The normalized spacial score (nSPS) is 12.8. The van der Waals surface area contributed by atoms with Crippen LogP contribution in [0.4, 0.5) is 0 Å². The summed E-state index contributed by atoms with van der Waals surface area (Å²) in [7, 11) is 3.66. The summed E-state index contributed by atoms with van der Waals surface area (Å²) < 4.78 is 10.0. The molecule has 0 spiro atoms. The van der Waals surface area contributed by atoms with Gasteiger partial charge in [0.15, 0.2) is 0 Å². The summed E-state index contributed by atoms with van der Waals surface area (Å²) in [6.07, 6.45) is 5.65. The van der Waals surface area contributed by atoms with Crippen LogP contribution in [0.1, 0.15) is 24.4 Å². The molecule has 0 saturated carbocycles. The number of halogens is 1. The fraction of sp³-hybridized carbons (Fsp3) is 0.538. The highest BCUT2D eigenvalue weighted by molar-refractivity contribution is 9.10. The van der Waals surface area contributed by atoms with Crippen LogP contribution < -0.4 is 5.32 Å². The second-order valence-electron chi connectivity index (χ2n) is 4.55. The Labute approximate surface area is 127 Å². The third-order valence-electron chi connectivity index (χ3n) is 3.04. The maximum atomic E-state index is 5.14. The van der Waals surface area contributed by atoms with Gasteiger partial charge in [0.25, 0.3) is 0 Å². The molecular formula is C13H20BrN5O. The minimum absolute atomic E-state index is 0.00920. The number of ether oxygens (including phenoxy) is 1. The van der Waals surface area contributed by atoms with Gasteiger partial charge in [-0.1, -0.05) is 6.92 Å². The molecule has 0 saturated heterocycles. The van der Waals surface area contributed by atoms with E-state index in [0.29, 0.717) is 13.2 Å². The Morgan fingerprint density at radius 2 is 2.30 bits per heavy atom. The van der Waals surface area contributed by atoms with Gasteiger partial charge in [0.05, 0.1) is 47.6 Å². The van der Waals surface area contributed by atoms with Crippen molar-refractivity contribution >= 4 is 15.9 Å². The highest BCUT2D eigenvalue weighted by Crippen LogP contribution is 2.27. The Morgan fingerprint density at radius 1 is 1.50 bits per heavy atom. The van der Waals surface area contributed by atoms with Gasteiger partial charge in [-0.3, -0.25) is 4.68 Å². The summed E-state index contributed by atoms with van der Waals surface area (Å²) >= 11 is 3.59. The molecule has 0 aliphatic rings. The Balaban J connectivity index is 2.35. The van der Waals surface area contributed by atoms with Crippen molar-refractivity contribution in [3.05, 3.63) is 34.6 Å². The summed E-state index contributed by atoms with van der Waals surface area (Å²) in [6.45, 7) is 4.27. The highest BCUT2D eigenvalue weighted by atomic mass is 79.9. The lowest BCUT2D eigenvalue weighted by Crippen LogP contribution is -2.26. The Bertz CT molecular complexity index is 551. The van der Waals surface area contributed by atoms with Gasteiger partial charge in [-0.05, 0) is 22.5 Å². The molecule has 0 aliphatic carbocycles. The molecule has 1 unspecified atom stereocenters. The molecule has 0 aromatic carbocycles. The molecule has 2 aromatic rings. The van der Waals surface area contributed by atoms with Crippen LogP contribution in [0.3, 0.4) is 0 Å². The van der Waals surface area contributed by atoms with Crippen LogP contribution in [0.5, 0.6) is 0 Å². The number of hydrogen-bond donors (Lipinski definition) is 1. The predicted octanol–water partition coefficient (Wildman–Crippen LogP) is 1.72.